The summed E-state index contributed by atoms with van der Waals surface area (Å²) in [5.41, 5.74) is 1.15. The molecular formula is C15H23BrFN. The summed E-state index contributed by atoms with van der Waals surface area (Å²) < 4.78 is 13.8. The third-order valence-electron chi connectivity index (χ3n) is 3.49. The van der Waals surface area contributed by atoms with Crippen molar-refractivity contribution in [2.75, 3.05) is 6.54 Å². The summed E-state index contributed by atoms with van der Waals surface area (Å²) in [4.78, 5) is 0. The highest BCUT2D eigenvalue weighted by Gasteiger charge is 2.21. The topological polar surface area (TPSA) is 12.0 Å². The fraction of sp³-hybridized carbons (Fsp3) is 0.600. The van der Waals surface area contributed by atoms with Crippen molar-refractivity contribution in [1.29, 1.82) is 0 Å². The Bertz CT molecular complexity index is 379. The molecule has 2 unspecified atom stereocenters. The lowest BCUT2D eigenvalue weighted by atomic mass is 9.86. The first-order valence-corrected chi connectivity index (χ1v) is 7.45. The summed E-state index contributed by atoms with van der Waals surface area (Å²) in [5.74, 6) is 0.891. The maximum atomic E-state index is 13.3. The van der Waals surface area contributed by atoms with Gasteiger partial charge < -0.3 is 5.32 Å². The van der Waals surface area contributed by atoms with Gasteiger partial charge in [0.2, 0.25) is 0 Å². The molecule has 1 rings (SSSR count). The molecule has 18 heavy (non-hydrogen) atoms. The number of hydrogen-bond donors (Lipinski definition) is 1. The Labute approximate surface area is 118 Å². The third kappa shape index (κ3) is 4.06. The summed E-state index contributed by atoms with van der Waals surface area (Å²) >= 11 is 3.27. The SMILES string of the molecule is CCCNC(c1ccc(F)c(Br)c1)C(C)C(C)C. The molecule has 0 aliphatic carbocycles. The minimum Gasteiger partial charge on any atom is -0.310 e. The van der Waals surface area contributed by atoms with E-state index in [2.05, 4.69) is 48.9 Å². The van der Waals surface area contributed by atoms with Gasteiger partial charge in [0.05, 0.1) is 4.47 Å². The molecule has 102 valence electrons. The zero-order valence-corrected chi connectivity index (χ0v) is 13.2. The van der Waals surface area contributed by atoms with Gasteiger partial charge in [-0.15, -0.1) is 0 Å². The Morgan fingerprint density at radius 3 is 2.44 bits per heavy atom. The molecule has 0 heterocycles. The molecular weight excluding hydrogens is 293 g/mol. The lowest BCUT2D eigenvalue weighted by Gasteiger charge is -2.28. The van der Waals surface area contributed by atoms with Crippen LogP contribution in [0.4, 0.5) is 4.39 Å². The van der Waals surface area contributed by atoms with E-state index < -0.39 is 0 Å². The van der Waals surface area contributed by atoms with Crippen LogP contribution in [-0.2, 0) is 0 Å². The second-order valence-electron chi connectivity index (χ2n) is 5.21. The summed E-state index contributed by atoms with van der Waals surface area (Å²) in [7, 11) is 0. The van der Waals surface area contributed by atoms with E-state index in [9.17, 15) is 4.39 Å². The Kier molecular flexibility index (Phi) is 6.30. The molecule has 1 aromatic rings. The van der Waals surface area contributed by atoms with E-state index in [0.29, 0.717) is 16.3 Å². The van der Waals surface area contributed by atoms with Crippen molar-refractivity contribution in [2.24, 2.45) is 11.8 Å². The monoisotopic (exact) mass is 315 g/mol. The summed E-state index contributed by atoms with van der Waals surface area (Å²) in [6.07, 6.45) is 1.10. The molecule has 0 radical (unpaired) electrons. The maximum absolute atomic E-state index is 13.3. The van der Waals surface area contributed by atoms with Gasteiger partial charge in [-0.1, -0.05) is 33.8 Å². The Morgan fingerprint density at radius 1 is 1.28 bits per heavy atom. The highest BCUT2D eigenvalue weighted by molar-refractivity contribution is 9.10. The average molecular weight is 316 g/mol. The van der Waals surface area contributed by atoms with E-state index >= 15 is 0 Å². The van der Waals surface area contributed by atoms with Gasteiger partial charge in [0.15, 0.2) is 0 Å². The first kappa shape index (κ1) is 15.6. The number of halogens is 2. The summed E-state index contributed by atoms with van der Waals surface area (Å²) in [6.45, 7) is 9.84. The van der Waals surface area contributed by atoms with Crippen LogP contribution in [0.1, 0.15) is 45.7 Å². The highest BCUT2D eigenvalue weighted by Crippen LogP contribution is 2.30. The van der Waals surface area contributed by atoms with Crippen LogP contribution in [0.15, 0.2) is 22.7 Å². The molecule has 0 fully saturated rings. The van der Waals surface area contributed by atoms with Gasteiger partial charge in [0.25, 0.3) is 0 Å². The van der Waals surface area contributed by atoms with Crippen LogP contribution in [0.3, 0.4) is 0 Å². The summed E-state index contributed by atoms with van der Waals surface area (Å²) in [6, 6.07) is 5.59. The van der Waals surface area contributed by atoms with Gasteiger partial charge in [-0.05, 0) is 58.4 Å². The molecule has 2 atom stereocenters. The predicted molar refractivity (Wildman–Crippen MR) is 79.1 cm³/mol. The molecule has 3 heteroatoms. The smallest absolute Gasteiger partial charge is 0.137 e. The lowest BCUT2D eigenvalue weighted by Crippen LogP contribution is -2.30. The molecule has 1 nitrogen and oxygen atoms in total. The number of rotatable bonds is 6. The van der Waals surface area contributed by atoms with Gasteiger partial charge in [-0.3, -0.25) is 0 Å². The molecule has 0 aliphatic heterocycles. The molecule has 0 aliphatic rings. The van der Waals surface area contributed by atoms with E-state index in [1.807, 2.05) is 12.1 Å². The minimum absolute atomic E-state index is 0.204. The molecule has 0 bridgehead atoms. The predicted octanol–water partition coefficient (Wildman–Crippen LogP) is 4.92. The van der Waals surface area contributed by atoms with Crippen molar-refractivity contribution in [3.8, 4) is 0 Å². The van der Waals surface area contributed by atoms with Crippen LogP contribution in [-0.4, -0.2) is 6.54 Å². The van der Waals surface area contributed by atoms with E-state index in [0.717, 1.165) is 18.5 Å². The highest BCUT2D eigenvalue weighted by atomic mass is 79.9. The number of hydrogen-bond acceptors (Lipinski definition) is 1. The van der Waals surface area contributed by atoms with E-state index in [4.69, 9.17) is 0 Å². The van der Waals surface area contributed by atoms with Crippen molar-refractivity contribution in [1.82, 2.24) is 5.32 Å². The zero-order chi connectivity index (χ0) is 13.7. The minimum atomic E-state index is -0.204. The van der Waals surface area contributed by atoms with E-state index in [-0.39, 0.29) is 11.9 Å². The van der Waals surface area contributed by atoms with Crippen LogP contribution in [0, 0.1) is 17.7 Å². The summed E-state index contributed by atoms with van der Waals surface area (Å²) in [5, 5.41) is 3.57. The van der Waals surface area contributed by atoms with Crippen LogP contribution in [0.2, 0.25) is 0 Å². The van der Waals surface area contributed by atoms with E-state index in [1.54, 1.807) is 0 Å². The Hall–Kier alpha value is -0.410. The normalized spacial score (nSPS) is 14.8. The van der Waals surface area contributed by atoms with Gasteiger partial charge in [0, 0.05) is 6.04 Å². The van der Waals surface area contributed by atoms with Crippen LogP contribution in [0.5, 0.6) is 0 Å². The zero-order valence-electron chi connectivity index (χ0n) is 11.6. The van der Waals surface area contributed by atoms with Crippen molar-refractivity contribution < 1.29 is 4.39 Å². The van der Waals surface area contributed by atoms with Crippen LogP contribution >= 0.6 is 15.9 Å². The third-order valence-corrected chi connectivity index (χ3v) is 4.10. The van der Waals surface area contributed by atoms with Crippen molar-refractivity contribution in [3.63, 3.8) is 0 Å². The molecule has 0 aromatic heterocycles. The molecule has 1 aromatic carbocycles. The first-order valence-electron chi connectivity index (χ1n) is 6.65. The van der Waals surface area contributed by atoms with Gasteiger partial charge in [-0.25, -0.2) is 4.39 Å². The van der Waals surface area contributed by atoms with Crippen molar-refractivity contribution >= 4 is 15.9 Å². The molecule has 1 N–H and O–H groups in total. The first-order chi connectivity index (χ1) is 8.47. The standard InChI is InChI=1S/C15H23BrFN/c1-5-8-18-15(11(4)10(2)3)12-6-7-14(17)13(16)9-12/h6-7,9-11,15,18H,5,8H2,1-4H3. The van der Waals surface area contributed by atoms with Crippen LogP contribution in [0.25, 0.3) is 0 Å². The van der Waals surface area contributed by atoms with Gasteiger partial charge >= 0.3 is 0 Å². The molecule has 0 amide bonds. The van der Waals surface area contributed by atoms with Gasteiger partial charge in [-0.2, -0.15) is 0 Å². The second kappa shape index (κ2) is 7.25. The molecule has 0 saturated carbocycles. The number of benzene rings is 1. The van der Waals surface area contributed by atoms with Crippen LogP contribution < -0.4 is 5.32 Å². The number of nitrogens with one attached hydrogen (secondary N) is 1. The second-order valence-corrected chi connectivity index (χ2v) is 6.06. The van der Waals surface area contributed by atoms with Crippen molar-refractivity contribution in [3.05, 3.63) is 34.1 Å². The maximum Gasteiger partial charge on any atom is 0.137 e. The van der Waals surface area contributed by atoms with E-state index in [1.165, 1.54) is 6.07 Å². The average Bonchev–Trinajstić information content (AvgIpc) is 2.33. The Morgan fingerprint density at radius 2 is 1.94 bits per heavy atom. The lowest BCUT2D eigenvalue weighted by molar-refractivity contribution is 0.303. The van der Waals surface area contributed by atoms with Gasteiger partial charge in [0.1, 0.15) is 5.82 Å². The molecule has 0 saturated heterocycles. The largest absolute Gasteiger partial charge is 0.310 e. The van der Waals surface area contributed by atoms with Crippen molar-refractivity contribution in [2.45, 2.75) is 40.2 Å². The fourth-order valence-electron chi connectivity index (χ4n) is 2.00. The molecule has 0 spiro atoms. The quantitative estimate of drug-likeness (QED) is 0.785. The Balaban J connectivity index is 2.97. The fourth-order valence-corrected chi connectivity index (χ4v) is 2.39.